The van der Waals surface area contributed by atoms with Crippen LogP contribution in [0.3, 0.4) is 0 Å². The number of esters is 1. The maximum Gasteiger partial charge on any atom is 0.306 e. The Hall–Kier alpha value is -4.11. The summed E-state index contributed by atoms with van der Waals surface area (Å²) in [5.41, 5.74) is 0. The lowest BCUT2D eigenvalue weighted by atomic mass is 10.0. The number of rotatable bonds is 54. The Balaban J connectivity index is 5.42. The molecule has 0 heterocycles. The van der Waals surface area contributed by atoms with Crippen LogP contribution in [0.15, 0.2) is 146 Å². The Kier molecular flexibility index (Phi) is 54.2. The molecule has 448 valence electrons. The molecule has 0 aliphatic carbocycles. The van der Waals surface area contributed by atoms with E-state index in [2.05, 4.69) is 160 Å². The highest BCUT2D eigenvalue weighted by Crippen LogP contribution is 2.38. The first-order chi connectivity index (χ1) is 38.4. The third kappa shape index (κ3) is 58.4. The van der Waals surface area contributed by atoms with Gasteiger partial charge in [-0.05, 0) is 122 Å². The summed E-state index contributed by atoms with van der Waals surface area (Å²) in [4.78, 5) is 40.0. The van der Waals surface area contributed by atoms with Crippen LogP contribution in [0.1, 0.15) is 226 Å². The number of phosphoric ester groups is 1. The Morgan fingerprint density at radius 2 is 0.823 bits per heavy atom. The molecule has 0 aliphatic heterocycles. The monoisotopic (exact) mass is 1110 g/mol. The molecule has 0 radical (unpaired) electrons. The van der Waals surface area contributed by atoms with Gasteiger partial charge in [0.1, 0.15) is 19.3 Å². The second kappa shape index (κ2) is 57.1. The molecule has 0 aromatic carbocycles. The first kappa shape index (κ1) is 74.9. The SMILES string of the molecule is CC/C=C\C/C=C\C/C=C\C/C=C\C/C=C\C/C=C\CCCCCCC(=O)OC(/C=C\CCCCCCCCCCCCC)C(COP(=O)([O-])OCC[N+](C)(C)C)NC(=O)CCC/C=C\C/C=C\C/C=C\C/C=C\C/C=C\CC. The smallest absolute Gasteiger partial charge is 0.306 e. The van der Waals surface area contributed by atoms with E-state index < -0.39 is 26.6 Å². The molecule has 0 aliphatic rings. The van der Waals surface area contributed by atoms with E-state index in [0.717, 1.165) is 122 Å². The van der Waals surface area contributed by atoms with Crippen LogP contribution < -0.4 is 10.2 Å². The van der Waals surface area contributed by atoms with Crippen LogP contribution in [0.2, 0.25) is 0 Å². The first-order valence-electron chi connectivity index (χ1n) is 31.1. The first-order valence-corrected chi connectivity index (χ1v) is 32.6. The van der Waals surface area contributed by atoms with Gasteiger partial charge in [0, 0.05) is 12.8 Å². The van der Waals surface area contributed by atoms with Gasteiger partial charge in [-0.15, -0.1) is 0 Å². The number of quaternary nitrogens is 1. The van der Waals surface area contributed by atoms with E-state index in [1.165, 1.54) is 57.8 Å². The second-order valence-electron chi connectivity index (χ2n) is 21.4. The third-order valence-corrected chi connectivity index (χ3v) is 13.7. The Morgan fingerprint density at radius 1 is 0.456 bits per heavy atom. The quantitative estimate of drug-likeness (QED) is 0.0212. The lowest BCUT2D eigenvalue weighted by Gasteiger charge is -2.30. The molecule has 1 amide bonds. The van der Waals surface area contributed by atoms with Crippen LogP contribution in [0.4, 0.5) is 0 Å². The van der Waals surface area contributed by atoms with Gasteiger partial charge in [0.05, 0.1) is 33.8 Å². The Bertz CT molecular complexity index is 1860. The number of unbranched alkanes of at least 4 members (excludes halogenated alkanes) is 16. The van der Waals surface area contributed by atoms with Gasteiger partial charge in [-0.3, -0.25) is 14.2 Å². The van der Waals surface area contributed by atoms with Crippen molar-refractivity contribution >= 4 is 19.7 Å². The van der Waals surface area contributed by atoms with Crippen LogP contribution >= 0.6 is 7.82 Å². The van der Waals surface area contributed by atoms with Crippen molar-refractivity contribution in [1.82, 2.24) is 5.32 Å². The van der Waals surface area contributed by atoms with Crippen LogP contribution in [0, 0.1) is 0 Å². The molecule has 0 saturated carbocycles. The van der Waals surface area contributed by atoms with Gasteiger partial charge in [-0.25, -0.2) is 0 Å². The summed E-state index contributed by atoms with van der Waals surface area (Å²) >= 11 is 0. The number of carbonyl (C=O) groups is 2. The number of hydrogen-bond donors (Lipinski definition) is 1. The molecule has 0 spiro atoms. The maximum absolute atomic E-state index is 13.5. The van der Waals surface area contributed by atoms with Crippen LogP contribution in [-0.2, 0) is 27.9 Å². The van der Waals surface area contributed by atoms with Crippen molar-refractivity contribution in [3.63, 3.8) is 0 Å². The highest BCUT2D eigenvalue weighted by molar-refractivity contribution is 7.45. The average Bonchev–Trinajstić information content (AvgIpc) is 3.41. The standard InChI is InChI=1S/C69H115N2O7P/c1-7-10-13-16-19-22-25-28-30-32-33-34-35-36-37-39-41-44-47-50-53-56-59-62-69(73)78-67(60-57-54-51-48-45-42-27-24-21-18-15-12-9-3)66(65-77-79(74,75)76-64-63-71(4,5)6)70-68(72)61-58-55-52-49-46-43-40-38-31-29-26-23-20-17-14-11-8-2/h10-11,13-14,19-20,22-23,28-31,33-34,36-37,40-41,43-44,49,52,57,60,66-67H,7-9,12,15-18,21,24-27,32,35,38-39,42,45-48,50-51,53-56,58-59,61-65H2,1-6H3,(H-,70,72,74,75)/b13-10-,14-11-,22-19-,23-20-,30-28-,31-29-,34-33-,37-36-,43-40-,44-41-,52-49-,60-57-. The number of likely N-dealkylation sites (N-methyl/N-ethyl adjacent to an activating group) is 1. The molecule has 3 unspecified atom stereocenters. The molecule has 3 atom stereocenters. The Morgan fingerprint density at radius 3 is 1.24 bits per heavy atom. The molecule has 0 aromatic heterocycles. The van der Waals surface area contributed by atoms with Crippen molar-refractivity contribution < 1.29 is 37.3 Å². The minimum Gasteiger partial charge on any atom is -0.756 e. The molecule has 9 nitrogen and oxygen atoms in total. The van der Waals surface area contributed by atoms with E-state index in [9.17, 15) is 19.0 Å². The lowest BCUT2D eigenvalue weighted by Crippen LogP contribution is -2.47. The predicted molar refractivity (Wildman–Crippen MR) is 339 cm³/mol. The third-order valence-electron chi connectivity index (χ3n) is 12.8. The topological polar surface area (TPSA) is 114 Å². The van der Waals surface area contributed by atoms with Gasteiger partial charge < -0.3 is 28.5 Å². The molecule has 10 heteroatoms. The van der Waals surface area contributed by atoms with Crippen LogP contribution in [-0.4, -0.2) is 69.4 Å². The number of phosphoric acid groups is 1. The van der Waals surface area contributed by atoms with E-state index >= 15 is 0 Å². The fraction of sp³-hybridized carbons (Fsp3) is 0.623. The van der Waals surface area contributed by atoms with Crippen molar-refractivity contribution in [2.24, 2.45) is 0 Å². The molecule has 0 aromatic rings. The minimum atomic E-state index is -4.73. The zero-order chi connectivity index (χ0) is 57.9. The minimum absolute atomic E-state index is 0.0459. The van der Waals surface area contributed by atoms with Gasteiger partial charge in [-0.1, -0.05) is 238 Å². The van der Waals surface area contributed by atoms with Gasteiger partial charge >= 0.3 is 5.97 Å². The molecule has 79 heavy (non-hydrogen) atoms. The lowest BCUT2D eigenvalue weighted by molar-refractivity contribution is -0.870. The summed E-state index contributed by atoms with van der Waals surface area (Å²) in [5, 5.41) is 2.98. The van der Waals surface area contributed by atoms with Crippen LogP contribution in [0.25, 0.3) is 0 Å². The highest BCUT2D eigenvalue weighted by Gasteiger charge is 2.27. The predicted octanol–water partition coefficient (Wildman–Crippen LogP) is 18.8. The summed E-state index contributed by atoms with van der Waals surface area (Å²) in [6, 6.07) is -0.940. The van der Waals surface area contributed by atoms with Crippen molar-refractivity contribution in [3.8, 4) is 0 Å². The Labute approximate surface area is 485 Å². The summed E-state index contributed by atoms with van der Waals surface area (Å²) in [6.07, 6.45) is 82.5. The van der Waals surface area contributed by atoms with Crippen molar-refractivity contribution in [2.75, 3.05) is 40.9 Å². The molecule has 0 bridgehead atoms. The largest absolute Gasteiger partial charge is 0.756 e. The van der Waals surface area contributed by atoms with E-state index in [4.69, 9.17) is 13.8 Å². The fourth-order valence-corrected chi connectivity index (χ4v) is 8.75. The number of ether oxygens (including phenoxy) is 1. The van der Waals surface area contributed by atoms with E-state index in [1.54, 1.807) is 6.08 Å². The number of nitrogens with one attached hydrogen (secondary N) is 1. The number of nitrogens with zero attached hydrogens (tertiary/aromatic N) is 1. The maximum atomic E-state index is 13.5. The zero-order valence-electron chi connectivity index (χ0n) is 51.0. The van der Waals surface area contributed by atoms with E-state index in [0.29, 0.717) is 23.9 Å². The van der Waals surface area contributed by atoms with Crippen molar-refractivity contribution in [2.45, 2.75) is 238 Å². The number of amides is 1. The summed E-state index contributed by atoms with van der Waals surface area (Å²) < 4.78 is 30.3. The molecular weight excluding hydrogens is 1000 g/mol. The number of allylic oxidation sites excluding steroid dienone is 23. The van der Waals surface area contributed by atoms with Gasteiger partial charge in [-0.2, -0.15) is 0 Å². The fourth-order valence-electron chi connectivity index (χ4n) is 8.03. The molecular formula is C69H115N2O7P. The normalized spacial score (nSPS) is 14.7. The molecule has 0 rings (SSSR count). The van der Waals surface area contributed by atoms with Crippen LogP contribution in [0.5, 0.6) is 0 Å². The molecule has 1 N–H and O–H groups in total. The van der Waals surface area contributed by atoms with Gasteiger partial charge in [0.25, 0.3) is 7.82 Å². The summed E-state index contributed by atoms with van der Waals surface area (Å²) in [6.45, 7) is 6.53. The van der Waals surface area contributed by atoms with Gasteiger partial charge in [0.15, 0.2) is 0 Å². The van der Waals surface area contributed by atoms with Gasteiger partial charge in [0.2, 0.25) is 5.91 Å². The zero-order valence-corrected chi connectivity index (χ0v) is 51.9. The molecule has 0 saturated heterocycles. The van der Waals surface area contributed by atoms with E-state index in [-0.39, 0.29) is 31.3 Å². The molecule has 0 fully saturated rings. The summed E-state index contributed by atoms with van der Waals surface area (Å²) in [7, 11) is 1.11. The van der Waals surface area contributed by atoms with Crippen molar-refractivity contribution in [1.29, 1.82) is 0 Å². The highest BCUT2D eigenvalue weighted by atomic mass is 31.2. The number of carbonyl (C=O) groups excluding carboxylic acids is 2. The average molecular weight is 1120 g/mol. The van der Waals surface area contributed by atoms with Crippen molar-refractivity contribution in [3.05, 3.63) is 146 Å². The summed E-state index contributed by atoms with van der Waals surface area (Å²) in [5.74, 6) is -0.650. The second-order valence-corrected chi connectivity index (χ2v) is 22.9. The number of hydrogen-bond acceptors (Lipinski definition) is 7. The van der Waals surface area contributed by atoms with E-state index in [1.807, 2.05) is 27.2 Å².